The topological polar surface area (TPSA) is 93.4 Å². The quantitative estimate of drug-likeness (QED) is 0.785. The summed E-state index contributed by atoms with van der Waals surface area (Å²) in [6.07, 6.45) is 3.61. The van der Waals surface area contributed by atoms with Crippen LogP contribution in [0.1, 0.15) is 16.8 Å². The molecule has 0 spiro atoms. The molecule has 0 saturated heterocycles. The molecule has 3 aromatic heterocycles. The summed E-state index contributed by atoms with van der Waals surface area (Å²) in [4.78, 5) is 8.89. The number of hydrogen-bond donors (Lipinski definition) is 1. The van der Waals surface area contributed by atoms with Crippen LogP contribution in [-0.2, 0) is 7.05 Å². The van der Waals surface area contributed by atoms with E-state index in [-0.39, 0.29) is 5.82 Å². The van der Waals surface area contributed by atoms with Gasteiger partial charge in [0.05, 0.1) is 11.9 Å². The molecule has 7 heteroatoms. The summed E-state index contributed by atoms with van der Waals surface area (Å²) in [5.41, 5.74) is 10.5. The summed E-state index contributed by atoms with van der Waals surface area (Å²) in [6.45, 7) is 3.86. The van der Waals surface area contributed by atoms with E-state index in [1.165, 1.54) is 11.3 Å². The fourth-order valence-electron chi connectivity index (χ4n) is 2.37. The molecule has 3 heterocycles. The third kappa shape index (κ3) is 2.23. The number of aromatic nitrogens is 4. The van der Waals surface area contributed by atoms with Crippen molar-refractivity contribution in [3.8, 4) is 27.9 Å². The molecule has 0 atom stereocenters. The highest BCUT2D eigenvalue weighted by molar-refractivity contribution is 7.13. The molecular weight excluding hydrogens is 296 g/mol. The zero-order valence-corrected chi connectivity index (χ0v) is 13.3. The Bertz CT molecular complexity index is 899. The van der Waals surface area contributed by atoms with Gasteiger partial charge < -0.3 is 5.73 Å². The fourth-order valence-corrected chi connectivity index (χ4v) is 3.27. The van der Waals surface area contributed by atoms with E-state index >= 15 is 0 Å². The standard InChI is InChI=1S/C15H14N6S/c1-8-7-22-15(19-8)12-9(2)13(10-5-18-21(3)6-10)20-14(17)11(12)4-16/h5-7H,1-3H3,(H2,17,20). The Labute approximate surface area is 131 Å². The van der Waals surface area contributed by atoms with Crippen LogP contribution in [0.5, 0.6) is 0 Å². The van der Waals surface area contributed by atoms with Crippen molar-refractivity contribution in [1.29, 1.82) is 5.26 Å². The van der Waals surface area contributed by atoms with Crippen LogP contribution in [0, 0.1) is 25.2 Å². The largest absolute Gasteiger partial charge is 0.383 e. The van der Waals surface area contributed by atoms with Crippen molar-refractivity contribution in [3.05, 3.63) is 34.6 Å². The Kier molecular flexibility index (Phi) is 3.39. The second kappa shape index (κ2) is 5.24. The minimum absolute atomic E-state index is 0.217. The Hall–Kier alpha value is -2.72. The third-order valence-corrected chi connectivity index (χ3v) is 4.37. The zero-order valence-electron chi connectivity index (χ0n) is 12.5. The van der Waals surface area contributed by atoms with Crippen molar-refractivity contribution in [3.63, 3.8) is 0 Å². The van der Waals surface area contributed by atoms with Crippen LogP contribution >= 0.6 is 11.3 Å². The lowest BCUT2D eigenvalue weighted by atomic mass is 10.00. The van der Waals surface area contributed by atoms with Gasteiger partial charge >= 0.3 is 0 Å². The first-order valence-corrected chi connectivity index (χ1v) is 7.51. The Balaban J connectivity index is 2.32. The predicted molar refractivity (Wildman–Crippen MR) is 86.1 cm³/mol. The molecule has 0 unspecified atom stereocenters. The lowest BCUT2D eigenvalue weighted by Gasteiger charge is -2.11. The third-order valence-electron chi connectivity index (χ3n) is 3.39. The maximum absolute atomic E-state index is 9.45. The molecule has 110 valence electrons. The summed E-state index contributed by atoms with van der Waals surface area (Å²) in [7, 11) is 1.84. The first-order chi connectivity index (χ1) is 10.5. The Morgan fingerprint density at radius 3 is 2.64 bits per heavy atom. The first kappa shape index (κ1) is 14.2. The molecule has 0 fully saturated rings. The van der Waals surface area contributed by atoms with E-state index in [0.29, 0.717) is 5.56 Å². The van der Waals surface area contributed by atoms with Gasteiger partial charge in [0.1, 0.15) is 22.5 Å². The van der Waals surface area contributed by atoms with Gasteiger partial charge in [0.15, 0.2) is 0 Å². The average Bonchev–Trinajstić information content (AvgIpc) is 3.09. The van der Waals surface area contributed by atoms with Crippen molar-refractivity contribution < 1.29 is 0 Å². The van der Waals surface area contributed by atoms with Gasteiger partial charge in [-0.15, -0.1) is 11.3 Å². The molecule has 22 heavy (non-hydrogen) atoms. The van der Waals surface area contributed by atoms with Gasteiger partial charge in [-0.2, -0.15) is 10.4 Å². The summed E-state index contributed by atoms with van der Waals surface area (Å²) in [6, 6.07) is 2.15. The number of nitriles is 1. The van der Waals surface area contributed by atoms with Crippen LogP contribution in [0.4, 0.5) is 5.82 Å². The van der Waals surface area contributed by atoms with E-state index in [2.05, 4.69) is 21.1 Å². The normalized spacial score (nSPS) is 10.6. The smallest absolute Gasteiger partial charge is 0.142 e. The Morgan fingerprint density at radius 2 is 2.09 bits per heavy atom. The van der Waals surface area contributed by atoms with Crippen molar-refractivity contribution in [1.82, 2.24) is 19.7 Å². The van der Waals surface area contributed by atoms with Gasteiger partial charge in [0.25, 0.3) is 0 Å². The van der Waals surface area contributed by atoms with Crippen molar-refractivity contribution in [2.45, 2.75) is 13.8 Å². The highest BCUT2D eigenvalue weighted by Gasteiger charge is 2.20. The molecule has 0 amide bonds. The number of rotatable bonds is 2. The van der Waals surface area contributed by atoms with E-state index in [0.717, 1.165) is 33.1 Å². The molecule has 3 rings (SSSR count). The molecule has 0 radical (unpaired) electrons. The highest BCUT2D eigenvalue weighted by atomic mass is 32.1. The van der Waals surface area contributed by atoms with Gasteiger partial charge in [0.2, 0.25) is 0 Å². The van der Waals surface area contributed by atoms with E-state index in [1.807, 2.05) is 32.5 Å². The van der Waals surface area contributed by atoms with Crippen molar-refractivity contribution in [2.24, 2.45) is 7.05 Å². The molecule has 0 saturated carbocycles. The van der Waals surface area contributed by atoms with Gasteiger partial charge in [0, 0.05) is 35.4 Å². The number of aryl methyl sites for hydroxylation is 2. The van der Waals surface area contributed by atoms with Crippen LogP contribution in [0.25, 0.3) is 21.8 Å². The van der Waals surface area contributed by atoms with Gasteiger partial charge in [-0.25, -0.2) is 9.97 Å². The predicted octanol–water partition coefficient (Wildman–Crippen LogP) is 2.68. The van der Waals surface area contributed by atoms with E-state index in [9.17, 15) is 5.26 Å². The average molecular weight is 310 g/mol. The molecule has 6 nitrogen and oxygen atoms in total. The van der Waals surface area contributed by atoms with Crippen LogP contribution in [-0.4, -0.2) is 19.7 Å². The summed E-state index contributed by atoms with van der Waals surface area (Å²) < 4.78 is 1.71. The lowest BCUT2D eigenvalue weighted by Crippen LogP contribution is -2.03. The van der Waals surface area contributed by atoms with E-state index in [4.69, 9.17) is 5.73 Å². The molecule has 2 N–H and O–H groups in total. The maximum Gasteiger partial charge on any atom is 0.142 e. The van der Waals surface area contributed by atoms with E-state index < -0.39 is 0 Å². The number of nitrogen functional groups attached to an aromatic ring is 1. The molecular formula is C15H14N6S. The number of pyridine rings is 1. The van der Waals surface area contributed by atoms with Crippen molar-refractivity contribution >= 4 is 17.2 Å². The fraction of sp³-hybridized carbons (Fsp3) is 0.200. The minimum atomic E-state index is 0.217. The maximum atomic E-state index is 9.45. The summed E-state index contributed by atoms with van der Waals surface area (Å²) >= 11 is 1.50. The van der Waals surface area contributed by atoms with Gasteiger partial charge in [-0.1, -0.05) is 0 Å². The summed E-state index contributed by atoms with van der Waals surface area (Å²) in [5.74, 6) is 0.217. The SMILES string of the molecule is Cc1csc(-c2c(C)c(-c3cnn(C)c3)nc(N)c2C#N)n1. The molecule has 0 aliphatic heterocycles. The van der Waals surface area contributed by atoms with Gasteiger partial charge in [-0.3, -0.25) is 4.68 Å². The number of nitrogens with two attached hydrogens (primary N) is 1. The van der Waals surface area contributed by atoms with E-state index in [1.54, 1.807) is 10.9 Å². The van der Waals surface area contributed by atoms with Crippen LogP contribution < -0.4 is 5.73 Å². The number of nitrogens with zero attached hydrogens (tertiary/aromatic N) is 5. The molecule has 0 aliphatic carbocycles. The van der Waals surface area contributed by atoms with Crippen LogP contribution in [0.3, 0.4) is 0 Å². The van der Waals surface area contributed by atoms with Crippen LogP contribution in [0.2, 0.25) is 0 Å². The molecule has 0 aliphatic rings. The second-order valence-corrected chi connectivity index (χ2v) is 5.89. The molecule has 3 aromatic rings. The van der Waals surface area contributed by atoms with Crippen molar-refractivity contribution in [2.75, 3.05) is 5.73 Å². The summed E-state index contributed by atoms with van der Waals surface area (Å²) in [5, 5.41) is 16.4. The molecule has 0 bridgehead atoms. The minimum Gasteiger partial charge on any atom is -0.383 e. The highest BCUT2D eigenvalue weighted by Crippen LogP contribution is 2.36. The second-order valence-electron chi connectivity index (χ2n) is 5.03. The number of hydrogen-bond acceptors (Lipinski definition) is 6. The zero-order chi connectivity index (χ0) is 15.9. The number of thiazole rings is 1. The Morgan fingerprint density at radius 1 is 1.32 bits per heavy atom. The molecule has 0 aromatic carbocycles. The lowest BCUT2D eigenvalue weighted by molar-refractivity contribution is 0.768. The van der Waals surface area contributed by atoms with Gasteiger partial charge in [-0.05, 0) is 19.4 Å². The van der Waals surface area contributed by atoms with Crippen LogP contribution in [0.15, 0.2) is 17.8 Å². The number of anilines is 1. The monoisotopic (exact) mass is 310 g/mol. The first-order valence-electron chi connectivity index (χ1n) is 6.63.